The van der Waals surface area contributed by atoms with E-state index in [2.05, 4.69) is 5.32 Å². The highest BCUT2D eigenvalue weighted by atomic mass is 35.5. The van der Waals surface area contributed by atoms with Crippen molar-refractivity contribution in [3.05, 3.63) is 93.0 Å². The third kappa shape index (κ3) is 8.03. The topological polar surface area (TPSA) is 86.8 Å². The van der Waals surface area contributed by atoms with Crippen LogP contribution in [0.15, 0.2) is 65.6 Å². The van der Waals surface area contributed by atoms with E-state index in [0.29, 0.717) is 33.3 Å². The highest BCUT2D eigenvalue weighted by Gasteiger charge is 2.33. The van der Waals surface area contributed by atoms with E-state index in [1.807, 2.05) is 39.8 Å². The highest BCUT2D eigenvalue weighted by Crippen LogP contribution is 2.29. The van der Waals surface area contributed by atoms with E-state index in [0.717, 1.165) is 15.4 Å². The number of hydrogen-bond donors (Lipinski definition) is 1. The van der Waals surface area contributed by atoms with Gasteiger partial charge in [0.1, 0.15) is 12.6 Å². The van der Waals surface area contributed by atoms with Crippen LogP contribution in [-0.2, 0) is 26.2 Å². The fourth-order valence-electron chi connectivity index (χ4n) is 4.22. The zero-order valence-corrected chi connectivity index (χ0v) is 26.6. The zero-order valence-electron chi connectivity index (χ0n) is 24.2. The van der Waals surface area contributed by atoms with Crippen molar-refractivity contribution in [2.24, 2.45) is 0 Å². The summed E-state index contributed by atoms with van der Waals surface area (Å²) in [5.74, 6) is -0.906. The first-order chi connectivity index (χ1) is 19.2. The van der Waals surface area contributed by atoms with Gasteiger partial charge in [-0.3, -0.25) is 13.9 Å². The molecule has 0 spiro atoms. The normalized spacial score (nSPS) is 12.9. The maximum absolute atomic E-state index is 14.1. The number of benzene rings is 3. The van der Waals surface area contributed by atoms with E-state index in [9.17, 15) is 18.0 Å². The Morgan fingerprint density at radius 2 is 1.54 bits per heavy atom. The smallest absolute Gasteiger partial charge is 0.264 e. The first-order valence-corrected chi connectivity index (χ1v) is 15.6. The van der Waals surface area contributed by atoms with Gasteiger partial charge in [0.05, 0.1) is 10.6 Å². The lowest BCUT2D eigenvalue weighted by Gasteiger charge is -2.33. The maximum atomic E-state index is 14.1. The minimum absolute atomic E-state index is 0.0187. The summed E-state index contributed by atoms with van der Waals surface area (Å²) in [6.45, 7) is 10.4. The molecule has 2 atom stereocenters. The monoisotopic (exact) mass is 617 g/mol. The zero-order chi connectivity index (χ0) is 30.5. The summed E-state index contributed by atoms with van der Waals surface area (Å²) in [7, 11) is -4.15. The van der Waals surface area contributed by atoms with Crippen molar-refractivity contribution in [1.82, 2.24) is 10.2 Å². The lowest BCUT2D eigenvalue weighted by atomic mass is 10.1. The van der Waals surface area contributed by atoms with Crippen molar-refractivity contribution in [3.8, 4) is 0 Å². The maximum Gasteiger partial charge on any atom is 0.264 e. The molecule has 0 radical (unpaired) electrons. The van der Waals surface area contributed by atoms with Crippen molar-refractivity contribution in [3.63, 3.8) is 0 Å². The Morgan fingerprint density at radius 3 is 2.15 bits per heavy atom. The van der Waals surface area contributed by atoms with Crippen LogP contribution >= 0.6 is 23.2 Å². The van der Waals surface area contributed by atoms with Gasteiger partial charge in [-0.2, -0.15) is 0 Å². The molecule has 7 nitrogen and oxygen atoms in total. The van der Waals surface area contributed by atoms with E-state index in [1.54, 1.807) is 50.2 Å². The van der Waals surface area contributed by atoms with Gasteiger partial charge in [-0.15, -0.1) is 0 Å². The van der Waals surface area contributed by atoms with Crippen molar-refractivity contribution in [2.45, 2.75) is 71.5 Å². The highest BCUT2D eigenvalue weighted by molar-refractivity contribution is 7.92. The summed E-state index contributed by atoms with van der Waals surface area (Å²) in [5, 5.41) is 3.69. The Balaban J connectivity index is 2.09. The number of anilines is 1. The first kappa shape index (κ1) is 32.4. The van der Waals surface area contributed by atoms with E-state index < -0.39 is 28.5 Å². The second-order valence-electron chi connectivity index (χ2n) is 10.4. The Kier molecular flexibility index (Phi) is 10.9. The van der Waals surface area contributed by atoms with Crippen LogP contribution < -0.4 is 9.62 Å². The van der Waals surface area contributed by atoms with Crippen LogP contribution in [0.1, 0.15) is 49.4 Å². The largest absolute Gasteiger partial charge is 0.352 e. The van der Waals surface area contributed by atoms with Gasteiger partial charge < -0.3 is 10.2 Å². The molecule has 41 heavy (non-hydrogen) atoms. The summed E-state index contributed by atoms with van der Waals surface area (Å²) in [6.07, 6.45) is 0.713. The number of aryl methyl sites for hydroxylation is 3. The average Bonchev–Trinajstić information content (AvgIpc) is 2.92. The average molecular weight is 619 g/mol. The van der Waals surface area contributed by atoms with Gasteiger partial charge in [-0.05, 0) is 88.1 Å². The molecule has 0 aliphatic rings. The summed E-state index contributed by atoms with van der Waals surface area (Å²) >= 11 is 12.5. The number of halogens is 2. The Morgan fingerprint density at radius 1 is 0.902 bits per heavy atom. The molecule has 0 saturated heterocycles. The number of nitrogens with zero attached hydrogens (tertiary/aromatic N) is 2. The number of carbonyl (C=O) groups is 2. The van der Waals surface area contributed by atoms with Crippen molar-refractivity contribution >= 4 is 50.7 Å². The number of carbonyl (C=O) groups excluding carboxylic acids is 2. The van der Waals surface area contributed by atoms with Crippen molar-refractivity contribution in [2.75, 3.05) is 10.8 Å². The molecule has 3 aromatic rings. The molecule has 10 heteroatoms. The van der Waals surface area contributed by atoms with Crippen LogP contribution in [-0.4, -0.2) is 43.8 Å². The van der Waals surface area contributed by atoms with Gasteiger partial charge in [0.2, 0.25) is 11.8 Å². The van der Waals surface area contributed by atoms with Gasteiger partial charge in [0, 0.05) is 22.6 Å². The molecule has 3 aromatic carbocycles. The number of sulfonamides is 1. The summed E-state index contributed by atoms with van der Waals surface area (Å²) < 4.78 is 29.2. The predicted octanol–water partition coefficient (Wildman–Crippen LogP) is 6.45. The molecular formula is C31H37Cl2N3O4S. The minimum Gasteiger partial charge on any atom is -0.352 e. The molecule has 0 fully saturated rings. The van der Waals surface area contributed by atoms with Crippen LogP contribution in [0, 0.1) is 20.8 Å². The standard InChI is InChI=1S/C31H37Cl2N3O4S/c1-7-23(5)34-31(38)24(6)35(18-25-12-13-26(32)17-28(25)33)30(37)19-36(29-16-21(3)8-11-22(29)4)41(39,40)27-14-9-20(2)10-15-27/h8-17,23-24H,7,18-19H2,1-6H3,(H,34,38)/t23-,24+/m1/s1. The summed E-state index contributed by atoms with van der Waals surface area (Å²) in [4.78, 5) is 28.7. The number of hydrogen-bond acceptors (Lipinski definition) is 4. The SMILES string of the molecule is CC[C@@H](C)NC(=O)[C@H](C)N(Cc1ccc(Cl)cc1Cl)C(=O)CN(c1cc(C)ccc1C)S(=O)(=O)c1ccc(C)cc1. The molecule has 0 unspecified atom stereocenters. The molecule has 0 aliphatic heterocycles. The fourth-order valence-corrected chi connectivity index (χ4v) is 6.16. The quantitative estimate of drug-likeness (QED) is 0.268. The van der Waals surface area contributed by atoms with E-state index >= 15 is 0 Å². The van der Waals surface area contributed by atoms with E-state index in [1.165, 1.54) is 17.0 Å². The van der Waals surface area contributed by atoms with Gasteiger partial charge in [-0.1, -0.05) is 66.0 Å². The van der Waals surface area contributed by atoms with E-state index in [4.69, 9.17) is 23.2 Å². The molecule has 0 aromatic heterocycles. The Hall–Kier alpha value is -3.07. The van der Waals surface area contributed by atoms with Gasteiger partial charge in [0.15, 0.2) is 0 Å². The minimum atomic E-state index is -4.15. The van der Waals surface area contributed by atoms with Crippen molar-refractivity contribution < 1.29 is 18.0 Å². The predicted molar refractivity (Wildman–Crippen MR) is 166 cm³/mol. The summed E-state index contributed by atoms with van der Waals surface area (Å²) in [5.41, 5.74) is 3.40. The third-order valence-electron chi connectivity index (χ3n) is 7.05. The van der Waals surface area contributed by atoms with Gasteiger partial charge >= 0.3 is 0 Å². The molecule has 3 rings (SSSR count). The number of nitrogens with one attached hydrogen (secondary N) is 1. The Bertz CT molecular complexity index is 1510. The van der Waals surface area contributed by atoms with E-state index in [-0.39, 0.29) is 23.4 Å². The molecule has 0 bridgehead atoms. The molecule has 0 aliphatic carbocycles. The van der Waals surface area contributed by atoms with Crippen LogP contribution in [0.3, 0.4) is 0 Å². The van der Waals surface area contributed by atoms with Crippen LogP contribution in [0.5, 0.6) is 0 Å². The second kappa shape index (κ2) is 13.7. The van der Waals surface area contributed by atoms with Crippen LogP contribution in [0.4, 0.5) is 5.69 Å². The fraction of sp³-hybridized carbons (Fsp3) is 0.355. The molecule has 1 N–H and O–H groups in total. The van der Waals surface area contributed by atoms with Gasteiger partial charge in [0.25, 0.3) is 10.0 Å². The first-order valence-electron chi connectivity index (χ1n) is 13.4. The molecule has 2 amide bonds. The summed E-state index contributed by atoms with van der Waals surface area (Å²) in [6, 6.07) is 15.8. The molecule has 0 heterocycles. The van der Waals surface area contributed by atoms with Crippen LogP contribution in [0.25, 0.3) is 0 Å². The number of amides is 2. The molecule has 220 valence electrons. The van der Waals surface area contributed by atoms with Crippen LogP contribution in [0.2, 0.25) is 10.0 Å². The third-order valence-corrected chi connectivity index (χ3v) is 9.41. The van der Waals surface area contributed by atoms with Gasteiger partial charge in [-0.25, -0.2) is 8.42 Å². The number of rotatable bonds is 11. The molecular weight excluding hydrogens is 581 g/mol. The Labute approximate surface area is 253 Å². The lowest BCUT2D eigenvalue weighted by molar-refractivity contribution is -0.139. The van der Waals surface area contributed by atoms with Crippen molar-refractivity contribution in [1.29, 1.82) is 0 Å². The second-order valence-corrected chi connectivity index (χ2v) is 13.1. The molecule has 0 saturated carbocycles. The lowest BCUT2D eigenvalue weighted by Crippen LogP contribution is -2.52.